The summed E-state index contributed by atoms with van der Waals surface area (Å²) in [4.78, 5) is 10.9. The second-order valence-corrected chi connectivity index (χ2v) is 5.53. The van der Waals surface area contributed by atoms with Gasteiger partial charge in [0.25, 0.3) is 0 Å². The molecule has 0 aliphatic rings. The number of carbonyl (C=O) groups is 1. The fourth-order valence-electron chi connectivity index (χ4n) is 2.06. The number of hydrogen-bond donors (Lipinski definition) is 2. The molecule has 4 heteroatoms. The van der Waals surface area contributed by atoms with Gasteiger partial charge in [0.15, 0.2) is 0 Å². The van der Waals surface area contributed by atoms with Gasteiger partial charge in [-0.1, -0.05) is 32.6 Å². The molecule has 0 bridgehead atoms. The molecule has 4 nitrogen and oxygen atoms in total. The van der Waals surface area contributed by atoms with Crippen LogP contribution in [0.4, 0.5) is 0 Å². The molecule has 0 radical (unpaired) electrons. The molecule has 0 spiro atoms. The fraction of sp³-hybridized carbons (Fsp3) is 0.929. The van der Waals surface area contributed by atoms with Crippen molar-refractivity contribution in [1.29, 1.82) is 0 Å². The molecule has 0 rings (SSSR count). The summed E-state index contributed by atoms with van der Waals surface area (Å²) in [5, 5.41) is 8.94. The first kappa shape index (κ1) is 17.4. The lowest BCUT2D eigenvalue weighted by Crippen LogP contribution is -2.47. The molecule has 0 fully saturated rings. The highest BCUT2D eigenvalue weighted by atomic mass is 16.5. The smallest absolute Gasteiger partial charge is 0.323 e. The highest BCUT2D eigenvalue weighted by Gasteiger charge is 2.30. The maximum Gasteiger partial charge on any atom is 0.323 e. The molecule has 3 N–H and O–H groups in total. The van der Waals surface area contributed by atoms with Crippen LogP contribution in [0.3, 0.4) is 0 Å². The number of ether oxygens (including phenoxy) is 1. The van der Waals surface area contributed by atoms with Crippen molar-refractivity contribution in [1.82, 2.24) is 0 Å². The van der Waals surface area contributed by atoms with Crippen molar-refractivity contribution >= 4 is 5.97 Å². The summed E-state index contributed by atoms with van der Waals surface area (Å²) in [6.07, 6.45) is 6.31. The minimum absolute atomic E-state index is 0.128. The maximum absolute atomic E-state index is 10.9. The van der Waals surface area contributed by atoms with Crippen molar-refractivity contribution in [2.45, 2.75) is 84.0 Å². The molecule has 0 saturated heterocycles. The molecular formula is C14H29NO3. The van der Waals surface area contributed by atoms with E-state index in [9.17, 15) is 4.79 Å². The van der Waals surface area contributed by atoms with Crippen molar-refractivity contribution in [2.75, 3.05) is 0 Å². The summed E-state index contributed by atoms with van der Waals surface area (Å²) in [5.41, 5.74) is 4.49. The van der Waals surface area contributed by atoms with Gasteiger partial charge in [0.1, 0.15) is 5.54 Å². The second-order valence-electron chi connectivity index (χ2n) is 5.53. The highest BCUT2D eigenvalue weighted by Crippen LogP contribution is 2.16. The van der Waals surface area contributed by atoms with Gasteiger partial charge < -0.3 is 15.6 Å². The van der Waals surface area contributed by atoms with Crippen LogP contribution in [-0.2, 0) is 9.53 Å². The second kappa shape index (κ2) is 8.48. The van der Waals surface area contributed by atoms with E-state index in [0.717, 1.165) is 6.42 Å². The standard InChI is InChI=1S/C14H29NO3/c1-5-6-7-8-9-11(2)18-12(3)10-14(4,15)13(16)17/h11-12H,5-10,15H2,1-4H3,(H,16,17). The zero-order chi connectivity index (χ0) is 14.2. The van der Waals surface area contributed by atoms with Crippen LogP contribution in [0.2, 0.25) is 0 Å². The summed E-state index contributed by atoms with van der Waals surface area (Å²) < 4.78 is 5.77. The minimum atomic E-state index is -1.21. The number of nitrogens with two attached hydrogens (primary N) is 1. The molecule has 0 aliphatic carbocycles. The van der Waals surface area contributed by atoms with Crippen LogP contribution >= 0.6 is 0 Å². The van der Waals surface area contributed by atoms with E-state index in [1.54, 1.807) is 0 Å². The Morgan fingerprint density at radius 1 is 1.28 bits per heavy atom. The van der Waals surface area contributed by atoms with Gasteiger partial charge in [-0.15, -0.1) is 0 Å². The van der Waals surface area contributed by atoms with Gasteiger partial charge in [0.05, 0.1) is 12.2 Å². The van der Waals surface area contributed by atoms with E-state index < -0.39 is 11.5 Å². The van der Waals surface area contributed by atoms with E-state index in [0.29, 0.717) is 6.42 Å². The molecule has 0 aromatic carbocycles. The minimum Gasteiger partial charge on any atom is -0.480 e. The number of unbranched alkanes of at least 4 members (excludes halogenated alkanes) is 3. The zero-order valence-corrected chi connectivity index (χ0v) is 12.2. The predicted octanol–water partition coefficient (Wildman–Crippen LogP) is 2.94. The largest absolute Gasteiger partial charge is 0.480 e. The SMILES string of the molecule is CCCCCCC(C)OC(C)CC(C)(N)C(=O)O. The monoisotopic (exact) mass is 259 g/mol. The van der Waals surface area contributed by atoms with Crippen LogP contribution in [-0.4, -0.2) is 28.8 Å². The Hall–Kier alpha value is -0.610. The van der Waals surface area contributed by atoms with E-state index in [1.807, 2.05) is 13.8 Å². The van der Waals surface area contributed by atoms with Crippen LogP contribution in [0.25, 0.3) is 0 Å². The molecule has 0 saturated carbocycles. The molecule has 3 unspecified atom stereocenters. The van der Waals surface area contributed by atoms with Gasteiger partial charge in [-0.3, -0.25) is 4.79 Å². The third kappa shape index (κ3) is 7.67. The third-order valence-electron chi connectivity index (χ3n) is 3.13. The van der Waals surface area contributed by atoms with Crippen molar-refractivity contribution < 1.29 is 14.6 Å². The average molecular weight is 259 g/mol. The van der Waals surface area contributed by atoms with E-state index in [-0.39, 0.29) is 12.2 Å². The Bertz CT molecular complexity index is 241. The van der Waals surface area contributed by atoms with Crippen LogP contribution in [0.1, 0.15) is 66.2 Å². The Morgan fingerprint density at radius 3 is 2.39 bits per heavy atom. The van der Waals surface area contributed by atoms with Crippen molar-refractivity contribution in [2.24, 2.45) is 5.73 Å². The summed E-state index contributed by atoms with van der Waals surface area (Å²) in [6.45, 7) is 7.64. The third-order valence-corrected chi connectivity index (χ3v) is 3.13. The summed E-state index contributed by atoms with van der Waals surface area (Å²) in [5.74, 6) is -0.978. The highest BCUT2D eigenvalue weighted by molar-refractivity contribution is 5.77. The topological polar surface area (TPSA) is 72.5 Å². The Labute approximate surface area is 111 Å². The number of carboxylic acid groups (broad SMARTS) is 1. The van der Waals surface area contributed by atoms with Gasteiger partial charge in [-0.2, -0.15) is 0 Å². The summed E-state index contributed by atoms with van der Waals surface area (Å²) >= 11 is 0. The lowest BCUT2D eigenvalue weighted by atomic mass is 9.96. The predicted molar refractivity (Wildman–Crippen MR) is 73.6 cm³/mol. The maximum atomic E-state index is 10.9. The Kier molecular flexibility index (Phi) is 8.20. The van der Waals surface area contributed by atoms with E-state index in [2.05, 4.69) is 6.92 Å². The van der Waals surface area contributed by atoms with Crippen LogP contribution in [0.15, 0.2) is 0 Å². The Morgan fingerprint density at radius 2 is 1.89 bits per heavy atom. The zero-order valence-electron chi connectivity index (χ0n) is 12.2. The van der Waals surface area contributed by atoms with Crippen molar-refractivity contribution in [3.05, 3.63) is 0 Å². The van der Waals surface area contributed by atoms with Crippen molar-refractivity contribution in [3.63, 3.8) is 0 Å². The van der Waals surface area contributed by atoms with Gasteiger partial charge in [-0.05, 0) is 27.2 Å². The average Bonchev–Trinajstić information content (AvgIpc) is 2.23. The van der Waals surface area contributed by atoms with Crippen LogP contribution in [0, 0.1) is 0 Å². The molecule has 0 aliphatic heterocycles. The number of rotatable bonds is 10. The van der Waals surface area contributed by atoms with Crippen LogP contribution in [0.5, 0.6) is 0 Å². The number of hydrogen-bond acceptors (Lipinski definition) is 3. The quantitative estimate of drug-likeness (QED) is 0.592. The fourth-order valence-corrected chi connectivity index (χ4v) is 2.06. The van der Waals surface area contributed by atoms with Gasteiger partial charge in [0.2, 0.25) is 0 Å². The van der Waals surface area contributed by atoms with Gasteiger partial charge in [0, 0.05) is 6.42 Å². The van der Waals surface area contributed by atoms with Crippen molar-refractivity contribution in [3.8, 4) is 0 Å². The molecular weight excluding hydrogens is 230 g/mol. The van der Waals surface area contributed by atoms with Gasteiger partial charge in [-0.25, -0.2) is 0 Å². The first-order valence-electron chi connectivity index (χ1n) is 6.97. The Balaban J connectivity index is 3.86. The summed E-state index contributed by atoms with van der Waals surface area (Å²) in [6, 6.07) is 0. The molecule has 18 heavy (non-hydrogen) atoms. The lowest BCUT2D eigenvalue weighted by Gasteiger charge is -2.26. The normalized spacial score (nSPS) is 18.1. The van der Waals surface area contributed by atoms with E-state index in [4.69, 9.17) is 15.6 Å². The molecule has 108 valence electrons. The van der Waals surface area contributed by atoms with Crippen LogP contribution < -0.4 is 5.73 Å². The van der Waals surface area contributed by atoms with E-state index >= 15 is 0 Å². The number of aliphatic carboxylic acids is 1. The lowest BCUT2D eigenvalue weighted by molar-refractivity contribution is -0.144. The van der Waals surface area contributed by atoms with E-state index in [1.165, 1.54) is 32.6 Å². The summed E-state index contributed by atoms with van der Waals surface area (Å²) in [7, 11) is 0. The van der Waals surface area contributed by atoms with Gasteiger partial charge >= 0.3 is 5.97 Å². The molecule has 0 amide bonds. The molecule has 0 heterocycles. The molecule has 0 aromatic rings. The first-order valence-corrected chi connectivity index (χ1v) is 6.97. The molecule has 3 atom stereocenters. The first-order chi connectivity index (χ1) is 8.29. The molecule has 0 aromatic heterocycles. The number of carboxylic acids is 1.